The van der Waals surface area contributed by atoms with E-state index in [0.29, 0.717) is 24.7 Å². The first-order valence-electron chi connectivity index (χ1n) is 5.74. The Labute approximate surface area is 122 Å². The maximum atomic E-state index is 5.96. The van der Waals surface area contributed by atoms with E-state index in [1.54, 1.807) is 0 Å². The number of aryl methyl sites for hydroxylation is 2. The van der Waals surface area contributed by atoms with Crippen LogP contribution in [0.1, 0.15) is 11.6 Å². The Balaban J connectivity index is 1.97. The van der Waals surface area contributed by atoms with Crippen LogP contribution < -0.4 is 0 Å². The molecule has 0 amide bonds. The molecule has 3 aromatic rings. The van der Waals surface area contributed by atoms with Gasteiger partial charge in [-0.2, -0.15) is 4.98 Å². The minimum Gasteiger partial charge on any atom is -0.343 e. The number of imidazole rings is 1. The minimum atomic E-state index is 0.374. The van der Waals surface area contributed by atoms with E-state index >= 15 is 0 Å². The highest BCUT2D eigenvalue weighted by Crippen LogP contribution is 2.22. The van der Waals surface area contributed by atoms with Crippen molar-refractivity contribution in [3.05, 3.63) is 40.7 Å². The van der Waals surface area contributed by atoms with Gasteiger partial charge >= 0.3 is 0 Å². The van der Waals surface area contributed by atoms with Gasteiger partial charge in [0.15, 0.2) is 5.82 Å². The average Bonchev–Trinajstić information content (AvgIpc) is 3.03. The van der Waals surface area contributed by atoms with Crippen molar-refractivity contribution in [3.63, 3.8) is 0 Å². The molecule has 0 atom stereocenters. The molecule has 0 radical (unpaired) electrons. The zero-order chi connectivity index (χ0) is 13.2. The Hall–Kier alpha value is -1.40. The number of fused-ring (bicyclic) bond motifs is 1. The van der Waals surface area contributed by atoms with Crippen molar-refractivity contribution in [1.82, 2.24) is 19.7 Å². The summed E-state index contributed by atoms with van der Waals surface area (Å²) in [6, 6.07) is 5.98. The molecule has 0 aliphatic heterocycles. The van der Waals surface area contributed by atoms with Crippen LogP contribution in [-0.2, 0) is 18.8 Å². The molecule has 19 heavy (non-hydrogen) atoms. The van der Waals surface area contributed by atoms with Crippen molar-refractivity contribution in [2.75, 3.05) is 0 Å². The lowest BCUT2D eigenvalue weighted by atomic mass is 10.3. The normalized spacial score (nSPS) is 11.3. The molecule has 0 unspecified atom stereocenters. The number of aromatic nitrogens is 4. The molecule has 0 fully saturated rings. The molecule has 7 heteroatoms. The maximum absolute atomic E-state index is 5.96. The molecule has 0 aliphatic carbocycles. The highest BCUT2D eigenvalue weighted by molar-refractivity contribution is 9.10. The smallest absolute Gasteiger partial charge is 0.213 e. The maximum Gasteiger partial charge on any atom is 0.213 e. The highest BCUT2D eigenvalue weighted by Gasteiger charge is 2.11. The molecule has 1 aromatic carbocycles. The Kier molecular flexibility index (Phi) is 3.52. The largest absolute Gasteiger partial charge is 0.343 e. The van der Waals surface area contributed by atoms with Crippen LogP contribution in [0, 0.1) is 0 Å². The fourth-order valence-electron chi connectivity index (χ4n) is 2.01. The molecule has 2 heterocycles. The summed E-state index contributed by atoms with van der Waals surface area (Å²) in [6.45, 7) is 0.717. The fraction of sp³-hybridized carbons (Fsp3) is 0.250. The van der Waals surface area contributed by atoms with E-state index in [1.165, 1.54) is 6.39 Å². The number of halogens is 2. The predicted molar refractivity (Wildman–Crippen MR) is 75.0 cm³/mol. The Morgan fingerprint density at radius 3 is 3.00 bits per heavy atom. The Morgan fingerprint density at radius 2 is 2.26 bits per heavy atom. The molecular formula is C12H10BrClN4O. The number of nitrogens with zero attached hydrogens (tertiary/aromatic N) is 4. The Bertz CT molecular complexity index is 695. The summed E-state index contributed by atoms with van der Waals surface area (Å²) in [6.07, 6.45) is 2.01. The molecule has 0 saturated carbocycles. The van der Waals surface area contributed by atoms with Crippen molar-refractivity contribution >= 4 is 38.6 Å². The van der Waals surface area contributed by atoms with Gasteiger partial charge in [0.05, 0.1) is 16.9 Å². The lowest BCUT2D eigenvalue weighted by molar-refractivity contribution is 0.408. The van der Waals surface area contributed by atoms with Crippen LogP contribution in [0.25, 0.3) is 11.0 Å². The molecule has 0 aliphatic rings. The quantitative estimate of drug-likeness (QED) is 0.684. The van der Waals surface area contributed by atoms with Gasteiger partial charge in [0.25, 0.3) is 0 Å². The van der Waals surface area contributed by atoms with Gasteiger partial charge in [0.2, 0.25) is 6.39 Å². The number of hydrogen-bond acceptors (Lipinski definition) is 4. The van der Waals surface area contributed by atoms with Crippen molar-refractivity contribution in [2.24, 2.45) is 0 Å². The summed E-state index contributed by atoms with van der Waals surface area (Å²) >= 11 is 9.43. The summed E-state index contributed by atoms with van der Waals surface area (Å²) in [7, 11) is 0. The summed E-state index contributed by atoms with van der Waals surface area (Å²) in [5.41, 5.74) is 1.99. The number of hydrogen-bond donors (Lipinski definition) is 0. The van der Waals surface area contributed by atoms with Crippen molar-refractivity contribution < 1.29 is 4.52 Å². The van der Waals surface area contributed by atoms with Gasteiger partial charge in [-0.05, 0) is 18.2 Å². The van der Waals surface area contributed by atoms with E-state index in [1.807, 2.05) is 18.2 Å². The Morgan fingerprint density at radius 1 is 1.37 bits per heavy atom. The van der Waals surface area contributed by atoms with Crippen LogP contribution in [0.4, 0.5) is 0 Å². The third-order valence-corrected chi connectivity index (χ3v) is 3.61. The van der Waals surface area contributed by atoms with E-state index in [4.69, 9.17) is 16.1 Å². The molecule has 0 N–H and O–H groups in total. The van der Waals surface area contributed by atoms with Crippen molar-refractivity contribution in [2.45, 2.75) is 18.8 Å². The van der Waals surface area contributed by atoms with Gasteiger partial charge < -0.3 is 9.09 Å². The van der Waals surface area contributed by atoms with E-state index in [-0.39, 0.29) is 0 Å². The molecule has 3 rings (SSSR count). The molecule has 0 saturated heterocycles. The van der Waals surface area contributed by atoms with Crippen LogP contribution in [0.15, 0.2) is 33.6 Å². The van der Waals surface area contributed by atoms with Gasteiger partial charge in [-0.3, -0.25) is 0 Å². The SMILES string of the molecule is ClCc1nc2ccc(Br)cc2n1CCc1ncon1. The third-order valence-electron chi connectivity index (χ3n) is 2.87. The molecule has 98 valence electrons. The average molecular weight is 342 g/mol. The van der Waals surface area contributed by atoms with E-state index < -0.39 is 0 Å². The van der Waals surface area contributed by atoms with Gasteiger partial charge in [0.1, 0.15) is 5.82 Å². The monoisotopic (exact) mass is 340 g/mol. The highest BCUT2D eigenvalue weighted by atomic mass is 79.9. The molecule has 0 bridgehead atoms. The summed E-state index contributed by atoms with van der Waals surface area (Å²) < 4.78 is 7.83. The van der Waals surface area contributed by atoms with E-state index in [0.717, 1.165) is 21.3 Å². The topological polar surface area (TPSA) is 56.7 Å². The number of benzene rings is 1. The van der Waals surface area contributed by atoms with Gasteiger partial charge in [-0.15, -0.1) is 11.6 Å². The van der Waals surface area contributed by atoms with E-state index in [9.17, 15) is 0 Å². The molecule has 0 spiro atoms. The van der Waals surface area contributed by atoms with Crippen LogP contribution in [0.5, 0.6) is 0 Å². The standard InChI is InChI=1S/C12H10BrClN4O/c13-8-1-2-9-10(5-8)18(12(6-14)16-9)4-3-11-15-7-19-17-11/h1-2,5,7H,3-4,6H2. The van der Waals surface area contributed by atoms with Crippen LogP contribution in [-0.4, -0.2) is 19.7 Å². The zero-order valence-corrected chi connectivity index (χ0v) is 12.2. The second kappa shape index (κ2) is 5.30. The minimum absolute atomic E-state index is 0.374. The first-order valence-corrected chi connectivity index (χ1v) is 7.06. The van der Waals surface area contributed by atoms with Crippen LogP contribution >= 0.6 is 27.5 Å². The second-order valence-corrected chi connectivity index (χ2v) is 5.23. The molecule has 2 aromatic heterocycles. The van der Waals surface area contributed by atoms with Gasteiger partial charge in [-0.25, -0.2) is 4.98 Å². The zero-order valence-electron chi connectivity index (χ0n) is 9.88. The lowest BCUT2D eigenvalue weighted by Crippen LogP contribution is -2.06. The van der Waals surface area contributed by atoms with Crippen LogP contribution in [0.3, 0.4) is 0 Å². The van der Waals surface area contributed by atoms with Gasteiger partial charge in [0, 0.05) is 17.4 Å². The van der Waals surface area contributed by atoms with Gasteiger partial charge in [-0.1, -0.05) is 21.1 Å². The first-order chi connectivity index (χ1) is 9.28. The lowest BCUT2D eigenvalue weighted by Gasteiger charge is -2.05. The molecule has 5 nitrogen and oxygen atoms in total. The predicted octanol–water partition coefficient (Wildman–Crippen LogP) is 3.16. The first kappa shape index (κ1) is 12.6. The third kappa shape index (κ3) is 2.50. The second-order valence-electron chi connectivity index (χ2n) is 4.04. The van der Waals surface area contributed by atoms with E-state index in [2.05, 4.69) is 35.6 Å². The fourth-order valence-corrected chi connectivity index (χ4v) is 2.56. The van der Waals surface area contributed by atoms with Crippen LogP contribution in [0.2, 0.25) is 0 Å². The van der Waals surface area contributed by atoms with Crippen molar-refractivity contribution in [3.8, 4) is 0 Å². The summed E-state index contributed by atoms with van der Waals surface area (Å²) in [4.78, 5) is 8.53. The molecular weight excluding hydrogens is 332 g/mol. The summed E-state index contributed by atoms with van der Waals surface area (Å²) in [5, 5.41) is 3.81. The van der Waals surface area contributed by atoms with Crippen molar-refractivity contribution in [1.29, 1.82) is 0 Å². The summed E-state index contributed by atoms with van der Waals surface area (Å²) in [5.74, 6) is 1.90. The number of rotatable bonds is 4. The number of alkyl halides is 1.